The minimum absolute atomic E-state index is 0.0868. The maximum absolute atomic E-state index is 5.97. The molecule has 12 heavy (non-hydrogen) atoms. The third-order valence-corrected chi connectivity index (χ3v) is 2.10. The highest BCUT2D eigenvalue weighted by molar-refractivity contribution is 6.31. The Labute approximate surface area is 78.3 Å². The molecule has 0 saturated carbocycles. The van der Waals surface area contributed by atoms with Crippen molar-refractivity contribution < 1.29 is 4.74 Å². The molecule has 0 N–H and O–H groups in total. The summed E-state index contributed by atoms with van der Waals surface area (Å²) >= 11 is 5.97. The monoisotopic (exact) mass is 184 g/mol. The van der Waals surface area contributed by atoms with Crippen LogP contribution in [-0.2, 0) is 4.74 Å². The predicted molar refractivity (Wildman–Crippen MR) is 51.5 cm³/mol. The van der Waals surface area contributed by atoms with Crippen LogP contribution in [-0.4, -0.2) is 6.61 Å². The van der Waals surface area contributed by atoms with Crippen molar-refractivity contribution in [1.82, 2.24) is 0 Å². The van der Waals surface area contributed by atoms with E-state index in [1.807, 2.05) is 38.1 Å². The molecule has 2 heteroatoms. The minimum atomic E-state index is 0.0868. The maximum Gasteiger partial charge on any atom is 0.0811 e. The van der Waals surface area contributed by atoms with Gasteiger partial charge in [0.1, 0.15) is 0 Å². The van der Waals surface area contributed by atoms with Gasteiger partial charge in [0.05, 0.1) is 6.10 Å². The summed E-state index contributed by atoms with van der Waals surface area (Å²) in [7, 11) is 0. The van der Waals surface area contributed by atoms with Gasteiger partial charge in [0, 0.05) is 11.6 Å². The van der Waals surface area contributed by atoms with Gasteiger partial charge in [-0.3, -0.25) is 0 Å². The Morgan fingerprint density at radius 2 is 2.08 bits per heavy atom. The molecule has 0 amide bonds. The van der Waals surface area contributed by atoms with Gasteiger partial charge in [-0.25, -0.2) is 0 Å². The third-order valence-electron chi connectivity index (χ3n) is 1.76. The average molecular weight is 185 g/mol. The van der Waals surface area contributed by atoms with E-state index in [0.717, 1.165) is 10.6 Å². The lowest BCUT2D eigenvalue weighted by molar-refractivity contribution is 0.0765. The molecule has 66 valence electrons. The van der Waals surface area contributed by atoms with Crippen LogP contribution in [0.25, 0.3) is 0 Å². The predicted octanol–water partition coefficient (Wildman–Crippen LogP) is 3.44. The number of benzene rings is 1. The molecule has 1 atom stereocenters. The molecule has 1 nitrogen and oxygen atoms in total. The van der Waals surface area contributed by atoms with E-state index in [1.165, 1.54) is 0 Å². The zero-order chi connectivity index (χ0) is 8.97. The lowest BCUT2D eigenvalue weighted by Gasteiger charge is -2.12. The van der Waals surface area contributed by atoms with Gasteiger partial charge < -0.3 is 4.74 Å². The summed E-state index contributed by atoms with van der Waals surface area (Å²) in [4.78, 5) is 0. The van der Waals surface area contributed by atoms with Crippen molar-refractivity contribution in [3.05, 3.63) is 34.9 Å². The number of halogens is 1. The first kappa shape index (κ1) is 9.56. The van der Waals surface area contributed by atoms with Gasteiger partial charge in [-0.1, -0.05) is 29.8 Å². The van der Waals surface area contributed by atoms with E-state index in [4.69, 9.17) is 16.3 Å². The van der Waals surface area contributed by atoms with Gasteiger partial charge in [-0.2, -0.15) is 0 Å². The smallest absolute Gasteiger partial charge is 0.0811 e. The van der Waals surface area contributed by atoms with E-state index in [-0.39, 0.29) is 6.10 Å². The molecule has 1 aromatic rings. The topological polar surface area (TPSA) is 9.23 Å². The fourth-order valence-corrected chi connectivity index (χ4v) is 1.43. The molecule has 0 aliphatic rings. The van der Waals surface area contributed by atoms with Crippen LogP contribution in [0.3, 0.4) is 0 Å². The molecular weight excluding hydrogens is 172 g/mol. The second-order valence-electron chi connectivity index (χ2n) is 2.62. The Bertz CT molecular complexity index is 247. The second kappa shape index (κ2) is 4.48. The molecule has 1 rings (SSSR count). The van der Waals surface area contributed by atoms with Crippen LogP contribution in [0.2, 0.25) is 5.02 Å². The van der Waals surface area contributed by atoms with Gasteiger partial charge in [0.25, 0.3) is 0 Å². The van der Waals surface area contributed by atoms with Crippen LogP contribution < -0.4 is 0 Å². The minimum Gasteiger partial charge on any atom is -0.374 e. The van der Waals surface area contributed by atoms with Crippen molar-refractivity contribution in [3.8, 4) is 0 Å². The van der Waals surface area contributed by atoms with Gasteiger partial charge in [0.2, 0.25) is 0 Å². The molecule has 0 heterocycles. The van der Waals surface area contributed by atoms with E-state index < -0.39 is 0 Å². The Kier molecular flexibility index (Phi) is 3.57. The summed E-state index contributed by atoms with van der Waals surface area (Å²) in [5, 5.41) is 0.776. The quantitative estimate of drug-likeness (QED) is 0.700. The summed E-state index contributed by atoms with van der Waals surface area (Å²) in [6.45, 7) is 4.70. The first-order chi connectivity index (χ1) is 5.75. The molecule has 0 spiro atoms. The Morgan fingerprint density at radius 1 is 1.42 bits per heavy atom. The summed E-state index contributed by atoms with van der Waals surface area (Å²) in [5.41, 5.74) is 1.06. The molecule has 0 aliphatic heterocycles. The largest absolute Gasteiger partial charge is 0.374 e. The Hall–Kier alpha value is -0.530. The number of hydrogen-bond donors (Lipinski definition) is 0. The molecular formula is C10H13ClO. The second-order valence-corrected chi connectivity index (χ2v) is 3.03. The molecule has 0 aromatic heterocycles. The zero-order valence-electron chi connectivity index (χ0n) is 7.38. The van der Waals surface area contributed by atoms with Crippen molar-refractivity contribution in [3.63, 3.8) is 0 Å². The first-order valence-corrected chi connectivity index (χ1v) is 4.49. The fourth-order valence-electron chi connectivity index (χ4n) is 1.14. The van der Waals surface area contributed by atoms with Crippen LogP contribution in [0, 0.1) is 0 Å². The average Bonchev–Trinajstić information content (AvgIpc) is 2.05. The van der Waals surface area contributed by atoms with Gasteiger partial charge >= 0.3 is 0 Å². The fraction of sp³-hybridized carbons (Fsp3) is 0.400. The van der Waals surface area contributed by atoms with Crippen molar-refractivity contribution in [2.24, 2.45) is 0 Å². The van der Waals surface area contributed by atoms with Crippen molar-refractivity contribution >= 4 is 11.6 Å². The third kappa shape index (κ3) is 2.23. The Morgan fingerprint density at radius 3 is 2.67 bits per heavy atom. The SMILES string of the molecule is CCO[C@@H](C)c1ccccc1Cl. The molecule has 0 saturated heterocycles. The summed E-state index contributed by atoms with van der Waals surface area (Å²) in [5.74, 6) is 0. The number of ether oxygens (including phenoxy) is 1. The summed E-state index contributed by atoms with van der Waals surface area (Å²) in [6, 6.07) is 7.76. The van der Waals surface area contributed by atoms with Crippen LogP contribution in [0.4, 0.5) is 0 Å². The normalized spacial score (nSPS) is 12.9. The standard InChI is InChI=1S/C10H13ClO/c1-3-12-8(2)9-6-4-5-7-10(9)11/h4-8H,3H2,1-2H3/t8-/m0/s1. The van der Waals surface area contributed by atoms with Crippen molar-refractivity contribution in [1.29, 1.82) is 0 Å². The lowest BCUT2D eigenvalue weighted by Crippen LogP contribution is -1.99. The van der Waals surface area contributed by atoms with Gasteiger partial charge in [-0.05, 0) is 25.5 Å². The summed E-state index contributed by atoms with van der Waals surface area (Å²) in [6.07, 6.45) is 0.0868. The van der Waals surface area contributed by atoms with Crippen LogP contribution in [0.5, 0.6) is 0 Å². The first-order valence-electron chi connectivity index (χ1n) is 4.11. The van der Waals surface area contributed by atoms with E-state index in [1.54, 1.807) is 0 Å². The Balaban J connectivity index is 2.79. The molecule has 1 aromatic carbocycles. The van der Waals surface area contributed by atoms with Crippen molar-refractivity contribution in [2.45, 2.75) is 20.0 Å². The van der Waals surface area contributed by atoms with E-state index in [0.29, 0.717) is 6.61 Å². The van der Waals surface area contributed by atoms with Gasteiger partial charge in [-0.15, -0.1) is 0 Å². The highest BCUT2D eigenvalue weighted by Crippen LogP contribution is 2.24. The number of hydrogen-bond acceptors (Lipinski definition) is 1. The lowest BCUT2D eigenvalue weighted by atomic mass is 10.1. The van der Waals surface area contributed by atoms with Crippen molar-refractivity contribution in [2.75, 3.05) is 6.61 Å². The van der Waals surface area contributed by atoms with Crippen LogP contribution in [0.1, 0.15) is 25.5 Å². The molecule has 0 aliphatic carbocycles. The maximum atomic E-state index is 5.97. The highest BCUT2D eigenvalue weighted by atomic mass is 35.5. The zero-order valence-corrected chi connectivity index (χ0v) is 8.14. The van der Waals surface area contributed by atoms with Gasteiger partial charge in [0.15, 0.2) is 0 Å². The molecule has 0 bridgehead atoms. The van der Waals surface area contributed by atoms with Crippen LogP contribution >= 0.6 is 11.6 Å². The van der Waals surface area contributed by atoms with Crippen LogP contribution in [0.15, 0.2) is 24.3 Å². The summed E-state index contributed by atoms with van der Waals surface area (Å²) < 4.78 is 5.42. The number of rotatable bonds is 3. The molecule has 0 fully saturated rings. The van der Waals surface area contributed by atoms with E-state index in [9.17, 15) is 0 Å². The molecule has 0 radical (unpaired) electrons. The van der Waals surface area contributed by atoms with E-state index >= 15 is 0 Å². The highest BCUT2D eigenvalue weighted by Gasteiger charge is 2.07. The molecule has 0 unspecified atom stereocenters. The van der Waals surface area contributed by atoms with E-state index in [2.05, 4.69) is 0 Å².